The Morgan fingerprint density at radius 3 is 2.28 bits per heavy atom. The zero-order valence-electron chi connectivity index (χ0n) is 16.4. The van der Waals surface area contributed by atoms with Crippen molar-refractivity contribution in [2.45, 2.75) is 58.5 Å². The molecule has 0 aromatic heterocycles. The molecule has 1 aliphatic heterocycles. The van der Waals surface area contributed by atoms with Crippen LogP contribution in [0.5, 0.6) is 0 Å². The zero-order valence-corrected chi connectivity index (χ0v) is 18.7. The molecular formula is C20H35IN4. The van der Waals surface area contributed by atoms with Gasteiger partial charge in [0.15, 0.2) is 5.96 Å². The van der Waals surface area contributed by atoms with Crippen molar-refractivity contribution in [1.82, 2.24) is 15.5 Å². The monoisotopic (exact) mass is 458 g/mol. The lowest BCUT2D eigenvalue weighted by atomic mass is 10.00. The maximum absolute atomic E-state index is 4.40. The van der Waals surface area contributed by atoms with Crippen LogP contribution in [0.25, 0.3) is 0 Å². The molecule has 2 rings (SSSR count). The summed E-state index contributed by atoms with van der Waals surface area (Å²) in [5, 5.41) is 7.08. The van der Waals surface area contributed by atoms with E-state index < -0.39 is 0 Å². The number of piperidine rings is 1. The van der Waals surface area contributed by atoms with Gasteiger partial charge in [0.1, 0.15) is 0 Å². The number of aliphatic imine (C=N–C) groups is 1. The Labute approximate surface area is 170 Å². The van der Waals surface area contributed by atoms with E-state index in [1.807, 2.05) is 7.05 Å². The second-order valence-electron chi connectivity index (χ2n) is 7.31. The van der Waals surface area contributed by atoms with Gasteiger partial charge >= 0.3 is 0 Å². The summed E-state index contributed by atoms with van der Waals surface area (Å²) >= 11 is 0. The van der Waals surface area contributed by atoms with Crippen molar-refractivity contribution >= 4 is 29.9 Å². The highest BCUT2D eigenvalue weighted by Crippen LogP contribution is 2.15. The molecule has 1 aliphatic rings. The number of aryl methyl sites for hydroxylation is 1. The smallest absolute Gasteiger partial charge is 0.191 e. The average Bonchev–Trinajstić information content (AvgIpc) is 2.59. The number of nitrogens with zero attached hydrogens (tertiary/aromatic N) is 2. The highest BCUT2D eigenvalue weighted by Gasteiger charge is 2.21. The molecule has 4 nitrogen and oxygen atoms in total. The first kappa shape index (κ1) is 22.2. The number of likely N-dealkylation sites (tertiary alicyclic amines) is 1. The Bertz CT molecular complexity index is 519. The number of hydrogen-bond acceptors (Lipinski definition) is 2. The van der Waals surface area contributed by atoms with E-state index in [-0.39, 0.29) is 24.0 Å². The van der Waals surface area contributed by atoms with Crippen molar-refractivity contribution in [1.29, 1.82) is 0 Å². The van der Waals surface area contributed by atoms with Gasteiger partial charge in [0.05, 0.1) is 0 Å². The highest BCUT2D eigenvalue weighted by atomic mass is 127. The zero-order chi connectivity index (χ0) is 17.5. The number of hydrogen-bond donors (Lipinski definition) is 2. The second-order valence-corrected chi connectivity index (χ2v) is 7.31. The van der Waals surface area contributed by atoms with E-state index in [0.29, 0.717) is 18.0 Å². The molecule has 0 amide bonds. The topological polar surface area (TPSA) is 39.7 Å². The molecule has 1 fully saturated rings. The fraction of sp³-hybridized carbons (Fsp3) is 0.650. The minimum absolute atomic E-state index is 0. The fourth-order valence-corrected chi connectivity index (χ4v) is 3.21. The van der Waals surface area contributed by atoms with Gasteiger partial charge < -0.3 is 15.5 Å². The van der Waals surface area contributed by atoms with Gasteiger partial charge in [0.2, 0.25) is 0 Å². The first-order chi connectivity index (χ1) is 11.5. The third-order valence-corrected chi connectivity index (χ3v) is 5.05. The molecule has 5 heteroatoms. The lowest BCUT2D eigenvalue weighted by molar-refractivity contribution is 0.167. The van der Waals surface area contributed by atoms with Crippen molar-refractivity contribution in [3.05, 3.63) is 35.4 Å². The van der Waals surface area contributed by atoms with E-state index in [9.17, 15) is 0 Å². The Balaban J connectivity index is 0.00000312. The van der Waals surface area contributed by atoms with Crippen LogP contribution < -0.4 is 10.6 Å². The van der Waals surface area contributed by atoms with Gasteiger partial charge in [-0.15, -0.1) is 24.0 Å². The van der Waals surface area contributed by atoms with Crippen LogP contribution in [0.4, 0.5) is 0 Å². The van der Waals surface area contributed by atoms with Gasteiger partial charge in [-0.2, -0.15) is 0 Å². The quantitative estimate of drug-likeness (QED) is 0.401. The molecule has 1 aromatic carbocycles. The summed E-state index contributed by atoms with van der Waals surface area (Å²) in [6, 6.07) is 9.99. The van der Waals surface area contributed by atoms with Crippen molar-refractivity contribution in [2.75, 3.05) is 26.7 Å². The van der Waals surface area contributed by atoms with Crippen molar-refractivity contribution in [2.24, 2.45) is 4.99 Å². The summed E-state index contributed by atoms with van der Waals surface area (Å²) in [7, 11) is 1.86. The van der Waals surface area contributed by atoms with Crippen molar-refractivity contribution < 1.29 is 0 Å². The Kier molecular flexibility index (Phi) is 9.79. The van der Waals surface area contributed by atoms with Gasteiger partial charge in [-0.25, -0.2) is 0 Å². The van der Waals surface area contributed by atoms with Gasteiger partial charge in [-0.3, -0.25) is 4.99 Å². The summed E-state index contributed by atoms with van der Waals surface area (Å²) in [5.41, 5.74) is 2.68. The standard InChI is InChI=1S/C20H34N4.HI/c1-15(2)24-12-10-19(11-13-24)23-20(21-5)22-14-17(4)18-8-6-16(3)7-9-18;/h6-9,15,17,19H,10-14H2,1-5H3,(H2,21,22,23);1H. The van der Waals surface area contributed by atoms with Crippen LogP contribution in [-0.4, -0.2) is 49.6 Å². The van der Waals surface area contributed by atoms with Crippen LogP contribution in [0.3, 0.4) is 0 Å². The molecule has 25 heavy (non-hydrogen) atoms. The van der Waals surface area contributed by atoms with E-state index in [2.05, 4.69) is 72.5 Å². The molecular weight excluding hydrogens is 423 g/mol. The molecule has 2 N–H and O–H groups in total. The Hall–Kier alpha value is -0.820. The lowest BCUT2D eigenvalue weighted by Gasteiger charge is -2.35. The Morgan fingerprint density at radius 2 is 1.76 bits per heavy atom. The molecule has 0 radical (unpaired) electrons. The minimum Gasteiger partial charge on any atom is -0.356 e. The van der Waals surface area contributed by atoms with Gasteiger partial charge in [-0.05, 0) is 45.1 Å². The number of nitrogens with one attached hydrogen (secondary N) is 2. The van der Waals surface area contributed by atoms with E-state index in [4.69, 9.17) is 0 Å². The maximum Gasteiger partial charge on any atom is 0.191 e. The molecule has 1 heterocycles. The molecule has 1 unspecified atom stereocenters. The SMILES string of the molecule is CN=C(NCC(C)c1ccc(C)cc1)NC1CCN(C(C)C)CC1.I. The van der Waals surface area contributed by atoms with Gasteiger partial charge in [-0.1, -0.05) is 36.8 Å². The largest absolute Gasteiger partial charge is 0.356 e. The predicted molar refractivity (Wildman–Crippen MR) is 119 cm³/mol. The van der Waals surface area contributed by atoms with Crippen LogP contribution in [-0.2, 0) is 0 Å². The van der Waals surface area contributed by atoms with Crippen LogP contribution in [0.1, 0.15) is 50.7 Å². The van der Waals surface area contributed by atoms with Crippen LogP contribution in [0, 0.1) is 6.92 Å². The number of halogens is 1. The number of benzene rings is 1. The van der Waals surface area contributed by atoms with E-state index in [1.165, 1.54) is 37.1 Å². The molecule has 142 valence electrons. The maximum atomic E-state index is 4.40. The summed E-state index contributed by atoms with van der Waals surface area (Å²) < 4.78 is 0. The van der Waals surface area contributed by atoms with Crippen molar-refractivity contribution in [3.8, 4) is 0 Å². The molecule has 1 atom stereocenters. The third kappa shape index (κ3) is 7.13. The van der Waals surface area contributed by atoms with Gasteiger partial charge in [0.25, 0.3) is 0 Å². The third-order valence-electron chi connectivity index (χ3n) is 5.05. The molecule has 0 spiro atoms. The fourth-order valence-electron chi connectivity index (χ4n) is 3.21. The summed E-state index contributed by atoms with van der Waals surface area (Å²) in [5.74, 6) is 1.39. The van der Waals surface area contributed by atoms with E-state index in [1.54, 1.807) is 0 Å². The highest BCUT2D eigenvalue weighted by molar-refractivity contribution is 14.0. The van der Waals surface area contributed by atoms with Crippen LogP contribution in [0.15, 0.2) is 29.3 Å². The summed E-state index contributed by atoms with van der Waals surface area (Å²) in [4.78, 5) is 6.95. The average molecular weight is 458 g/mol. The van der Waals surface area contributed by atoms with E-state index in [0.717, 1.165) is 12.5 Å². The summed E-state index contributed by atoms with van der Waals surface area (Å²) in [6.45, 7) is 12.2. The van der Waals surface area contributed by atoms with Crippen molar-refractivity contribution in [3.63, 3.8) is 0 Å². The predicted octanol–water partition coefficient (Wildman–Crippen LogP) is 3.75. The number of rotatable bonds is 5. The lowest BCUT2D eigenvalue weighted by Crippen LogP contribution is -2.50. The van der Waals surface area contributed by atoms with E-state index >= 15 is 0 Å². The molecule has 1 saturated heterocycles. The Morgan fingerprint density at radius 1 is 1.16 bits per heavy atom. The number of guanidine groups is 1. The summed E-state index contributed by atoms with van der Waals surface area (Å²) in [6.07, 6.45) is 2.37. The first-order valence-corrected chi connectivity index (χ1v) is 9.27. The first-order valence-electron chi connectivity index (χ1n) is 9.27. The normalized spacial score (nSPS) is 17.9. The van der Waals surface area contributed by atoms with Crippen LogP contribution in [0.2, 0.25) is 0 Å². The minimum atomic E-state index is 0. The molecule has 0 bridgehead atoms. The molecule has 0 saturated carbocycles. The van der Waals surface area contributed by atoms with Crippen LogP contribution >= 0.6 is 24.0 Å². The second kappa shape index (κ2) is 11.0. The molecule has 0 aliphatic carbocycles. The van der Waals surface area contributed by atoms with Gasteiger partial charge in [0, 0.05) is 38.8 Å². The molecule has 1 aromatic rings.